The molecule has 0 heterocycles. The molecule has 1 aromatic carbocycles. The number of aromatic carboxylic acids is 1. The summed E-state index contributed by atoms with van der Waals surface area (Å²) in [5.74, 6) is -0.863. The third-order valence-electron chi connectivity index (χ3n) is 3.80. The minimum absolute atomic E-state index is 0.355. The molecule has 0 amide bonds. The molecule has 0 fully saturated rings. The van der Waals surface area contributed by atoms with Crippen molar-refractivity contribution < 1.29 is 9.90 Å². The fraction of sp³-hybridized carbons (Fsp3) is 0.611. The van der Waals surface area contributed by atoms with Crippen LogP contribution < -0.4 is 0 Å². The summed E-state index contributed by atoms with van der Waals surface area (Å²) in [7, 11) is 2.13. The molecule has 118 valence electrons. The Morgan fingerprint density at radius 1 is 1.00 bits per heavy atom. The maximum Gasteiger partial charge on any atom is 0.335 e. The Bertz CT molecular complexity index is 400. The highest BCUT2D eigenvalue weighted by molar-refractivity contribution is 5.87. The molecule has 0 aromatic heterocycles. The van der Waals surface area contributed by atoms with E-state index in [1.807, 2.05) is 12.1 Å². The molecule has 0 spiro atoms. The fourth-order valence-corrected chi connectivity index (χ4v) is 2.48. The van der Waals surface area contributed by atoms with E-state index in [4.69, 9.17) is 5.11 Å². The number of nitrogens with zero attached hydrogens (tertiary/aromatic N) is 1. The van der Waals surface area contributed by atoms with Crippen molar-refractivity contribution in [1.29, 1.82) is 0 Å². The molecule has 21 heavy (non-hydrogen) atoms. The summed E-state index contributed by atoms with van der Waals surface area (Å²) in [5, 5.41) is 8.87. The molecule has 1 aromatic rings. The highest BCUT2D eigenvalue weighted by Gasteiger charge is 2.04. The number of hydrogen-bond acceptors (Lipinski definition) is 2. The Balaban J connectivity index is 2.15. The predicted octanol–water partition coefficient (Wildman–Crippen LogP) is 4.57. The van der Waals surface area contributed by atoms with Gasteiger partial charge in [-0.25, -0.2) is 4.79 Å². The third kappa shape index (κ3) is 7.86. The van der Waals surface area contributed by atoms with Crippen LogP contribution in [0.15, 0.2) is 24.3 Å². The SMILES string of the molecule is CCCCCCCCCN(C)Cc1ccc(C(=O)O)cc1. The summed E-state index contributed by atoms with van der Waals surface area (Å²) in [6.45, 7) is 4.24. The van der Waals surface area contributed by atoms with Gasteiger partial charge in [0.15, 0.2) is 0 Å². The molecule has 0 atom stereocenters. The van der Waals surface area contributed by atoms with Crippen molar-refractivity contribution in [1.82, 2.24) is 4.90 Å². The molecule has 1 N–H and O–H groups in total. The second-order valence-corrected chi connectivity index (χ2v) is 5.86. The first-order valence-corrected chi connectivity index (χ1v) is 8.14. The van der Waals surface area contributed by atoms with Crippen LogP contribution in [-0.4, -0.2) is 29.6 Å². The van der Waals surface area contributed by atoms with Crippen molar-refractivity contribution in [3.05, 3.63) is 35.4 Å². The Morgan fingerprint density at radius 3 is 2.14 bits per heavy atom. The average Bonchev–Trinajstić information content (AvgIpc) is 2.47. The molecule has 3 heteroatoms. The van der Waals surface area contributed by atoms with Crippen molar-refractivity contribution in [3.63, 3.8) is 0 Å². The van der Waals surface area contributed by atoms with Gasteiger partial charge in [0.1, 0.15) is 0 Å². The smallest absolute Gasteiger partial charge is 0.335 e. The van der Waals surface area contributed by atoms with Crippen LogP contribution in [0.4, 0.5) is 0 Å². The summed E-state index contributed by atoms with van der Waals surface area (Å²) in [5.41, 5.74) is 1.53. The summed E-state index contributed by atoms with van der Waals surface area (Å²) in [6, 6.07) is 7.17. The monoisotopic (exact) mass is 291 g/mol. The van der Waals surface area contributed by atoms with Gasteiger partial charge in [-0.1, -0.05) is 57.6 Å². The van der Waals surface area contributed by atoms with E-state index in [1.54, 1.807) is 12.1 Å². The van der Waals surface area contributed by atoms with E-state index >= 15 is 0 Å². The van der Waals surface area contributed by atoms with Crippen LogP contribution in [0.3, 0.4) is 0 Å². The molecule has 0 aliphatic rings. The van der Waals surface area contributed by atoms with Crippen molar-refractivity contribution in [3.8, 4) is 0 Å². The van der Waals surface area contributed by atoms with Gasteiger partial charge in [-0.15, -0.1) is 0 Å². The van der Waals surface area contributed by atoms with Crippen molar-refractivity contribution in [2.45, 2.75) is 58.4 Å². The standard InChI is InChI=1S/C18H29NO2/c1-3-4-5-6-7-8-9-14-19(2)15-16-10-12-17(13-11-16)18(20)21/h10-13H,3-9,14-15H2,1-2H3,(H,20,21). The maximum absolute atomic E-state index is 10.8. The molecule has 1 rings (SSSR count). The summed E-state index contributed by atoms with van der Waals surface area (Å²) in [6.07, 6.45) is 9.33. The maximum atomic E-state index is 10.8. The second kappa shape index (κ2) is 10.4. The molecule has 0 aliphatic carbocycles. The second-order valence-electron chi connectivity index (χ2n) is 5.86. The first-order chi connectivity index (χ1) is 10.1. The summed E-state index contributed by atoms with van der Waals surface area (Å²) < 4.78 is 0. The fourth-order valence-electron chi connectivity index (χ4n) is 2.48. The number of hydrogen-bond donors (Lipinski definition) is 1. The zero-order valence-electron chi connectivity index (χ0n) is 13.5. The van der Waals surface area contributed by atoms with Gasteiger partial charge >= 0.3 is 5.97 Å². The number of carboxylic acid groups (broad SMARTS) is 1. The molecule has 3 nitrogen and oxygen atoms in total. The van der Waals surface area contributed by atoms with Gasteiger partial charge in [-0.05, 0) is 37.7 Å². The minimum Gasteiger partial charge on any atom is -0.478 e. The van der Waals surface area contributed by atoms with Gasteiger partial charge in [0, 0.05) is 6.54 Å². The average molecular weight is 291 g/mol. The minimum atomic E-state index is -0.863. The van der Waals surface area contributed by atoms with Crippen LogP contribution >= 0.6 is 0 Å². The quantitative estimate of drug-likeness (QED) is 0.607. The van der Waals surface area contributed by atoms with Crippen LogP contribution in [0.2, 0.25) is 0 Å². The molecule has 0 aliphatic heterocycles. The van der Waals surface area contributed by atoms with Crippen molar-refractivity contribution in [2.24, 2.45) is 0 Å². The van der Waals surface area contributed by atoms with E-state index < -0.39 is 5.97 Å². The molecule has 0 saturated carbocycles. The number of carboxylic acids is 1. The van der Waals surface area contributed by atoms with E-state index in [9.17, 15) is 4.79 Å². The van der Waals surface area contributed by atoms with Gasteiger partial charge in [0.25, 0.3) is 0 Å². The molecule has 0 radical (unpaired) electrons. The van der Waals surface area contributed by atoms with Gasteiger partial charge in [-0.2, -0.15) is 0 Å². The lowest BCUT2D eigenvalue weighted by molar-refractivity contribution is 0.0697. The van der Waals surface area contributed by atoms with Crippen molar-refractivity contribution in [2.75, 3.05) is 13.6 Å². The summed E-state index contributed by atoms with van der Waals surface area (Å²) >= 11 is 0. The Morgan fingerprint density at radius 2 is 1.57 bits per heavy atom. The largest absolute Gasteiger partial charge is 0.478 e. The lowest BCUT2D eigenvalue weighted by Gasteiger charge is -2.16. The Labute approximate surface area is 129 Å². The van der Waals surface area contributed by atoms with Crippen LogP contribution in [0.1, 0.15) is 67.8 Å². The zero-order valence-corrected chi connectivity index (χ0v) is 13.5. The first-order valence-electron chi connectivity index (χ1n) is 8.14. The Kier molecular flexibility index (Phi) is 8.76. The van der Waals surface area contributed by atoms with Gasteiger partial charge in [0.05, 0.1) is 5.56 Å². The number of rotatable bonds is 11. The number of unbranched alkanes of at least 4 members (excludes halogenated alkanes) is 6. The molecule has 0 bridgehead atoms. The molecular weight excluding hydrogens is 262 g/mol. The van der Waals surface area contributed by atoms with E-state index in [-0.39, 0.29) is 0 Å². The van der Waals surface area contributed by atoms with E-state index in [0.717, 1.165) is 13.1 Å². The third-order valence-corrected chi connectivity index (χ3v) is 3.80. The molecule has 0 unspecified atom stereocenters. The molecule has 0 saturated heterocycles. The number of benzene rings is 1. The molecular formula is C18H29NO2. The van der Waals surface area contributed by atoms with Crippen LogP contribution in [0, 0.1) is 0 Å². The highest BCUT2D eigenvalue weighted by atomic mass is 16.4. The van der Waals surface area contributed by atoms with Crippen LogP contribution in [-0.2, 0) is 6.54 Å². The normalized spacial score (nSPS) is 11.0. The number of carbonyl (C=O) groups is 1. The van der Waals surface area contributed by atoms with Crippen molar-refractivity contribution >= 4 is 5.97 Å². The van der Waals surface area contributed by atoms with E-state index in [2.05, 4.69) is 18.9 Å². The van der Waals surface area contributed by atoms with E-state index in [0.29, 0.717) is 5.56 Å². The van der Waals surface area contributed by atoms with Gasteiger partial charge in [0.2, 0.25) is 0 Å². The van der Waals surface area contributed by atoms with Crippen LogP contribution in [0.25, 0.3) is 0 Å². The lowest BCUT2D eigenvalue weighted by Crippen LogP contribution is -2.19. The topological polar surface area (TPSA) is 40.5 Å². The lowest BCUT2D eigenvalue weighted by atomic mass is 10.1. The van der Waals surface area contributed by atoms with Crippen LogP contribution in [0.5, 0.6) is 0 Å². The Hall–Kier alpha value is -1.35. The van der Waals surface area contributed by atoms with Gasteiger partial charge in [-0.3, -0.25) is 0 Å². The van der Waals surface area contributed by atoms with E-state index in [1.165, 1.54) is 50.5 Å². The highest BCUT2D eigenvalue weighted by Crippen LogP contribution is 2.10. The zero-order chi connectivity index (χ0) is 15.5. The van der Waals surface area contributed by atoms with Gasteiger partial charge < -0.3 is 10.0 Å². The predicted molar refractivity (Wildman–Crippen MR) is 87.7 cm³/mol. The first kappa shape index (κ1) is 17.7. The summed E-state index contributed by atoms with van der Waals surface area (Å²) in [4.78, 5) is 13.1.